The molecule has 0 atom stereocenters. The summed E-state index contributed by atoms with van der Waals surface area (Å²) < 4.78 is 62.9. The van der Waals surface area contributed by atoms with E-state index in [1.807, 2.05) is 0 Å². The molecule has 5 N–H and O–H groups in total. The van der Waals surface area contributed by atoms with E-state index < -0.39 is 85.3 Å². The molecule has 0 radical (unpaired) electrons. The zero-order chi connectivity index (χ0) is 30.6. The summed E-state index contributed by atoms with van der Waals surface area (Å²) in [7, 11) is -9.02. The van der Waals surface area contributed by atoms with E-state index >= 15 is 0 Å². The molecule has 1 aromatic rings. The Morgan fingerprint density at radius 2 is 1.55 bits per heavy atom. The summed E-state index contributed by atoms with van der Waals surface area (Å²) in [5.41, 5.74) is 3.28. The lowest BCUT2D eigenvalue weighted by atomic mass is 9.98. The summed E-state index contributed by atoms with van der Waals surface area (Å²) in [5.74, 6) is -5.77. The first-order valence-electron chi connectivity index (χ1n) is 11.1. The number of primary amides is 1. The van der Waals surface area contributed by atoms with Crippen LogP contribution >= 0.6 is 0 Å². The van der Waals surface area contributed by atoms with Gasteiger partial charge >= 0.3 is 0 Å². The van der Waals surface area contributed by atoms with Gasteiger partial charge in [0, 0.05) is 24.2 Å². The average Bonchev–Trinajstić information content (AvgIpc) is 2.81. The van der Waals surface area contributed by atoms with E-state index in [1.165, 1.54) is 44.2 Å². The molecule has 0 saturated carbocycles. The lowest BCUT2D eigenvalue weighted by Gasteiger charge is -2.27. The zero-order valence-corrected chi connectivity index (χ0v) is 22.7. The smallest absolute Gasteiger partial charge is 0.266 e. The summed E-state index contributed by atoms with van der Waals surface area (Å²) in [4.78, 5) is 53.6. The van der Waals surface area contributed by atoms with Gasteiger partial charge in [-0.15, -0.1) is 0 Å². The van der Waals surface area contributed by atoms with Crippen LogP contribution in [0.5, 0.6) is 5.88 Å². The lowest BCUT2D eigenvalue weighted by Crippen LogP contribution is -2.44. The van der Waals surface area contributed by atoms with Crippen molar-refractivity contribution in [3.63, 3.8) is 0 Å². The van der Waals surface area contributed by atoms with Gasteiger partial charge in [0.05, 0.1) is 18.1 Å². The highest BCUT2D eigenvalue weighted by molar-refractivity contribution is 7.86. The molecular formula is C23H24N4O11S2. The first-order chi connectivity index (χ1) is 18.4. The third-order valence-corrected chi connectivity index (χ3v) is 7.07. The standard InChI is InChI=1S/C23H24N4O11S2/c1-13-15(20(29)26(9-11-39(33,34)35)22(31)17(13)19(24)28)7-5-4-6-8-16-14(2)18(25-3)23(32)27(21(16)30)10-12-40(36,37)38/h4-8,31H,9-12H2,1-2H3,(H2,24,28)(H,33,34,35)(H,36,37,38)/b6-4?,7-5?,16-8-. The van der Waals surface area contributed by atoms with Crippen molar-refractivity contribution in [2.24, 2.45) is 5.73 Å². The largest absolute Gasteiger partial charge is 0.494 e. The number of carbonyl (C=O) groups excluding carboxylic acids is 3. The Bertz CT molecular complexity index is 1720. The van der Waals surface area contributed by atoms with E-state index in [9.17, 15) is 41.1 Å². The van der Waals surface area contributed by atoms with Crippen LogP contribution in [-0.2, 0) is 36.4 Å². The predicted octanol–water partition coefficient (Wildman–Crippen LogP) is -0.205. The highest BCUT2D eigenvalue weighted by Crippen LogP contribution is 2.26. The number of aromatic nitrogens is 1. The maximum atomic E-state index is 12.9. The number of hydrogen-bond acceptors (Lipinski definition) is 9. The molecule has 2 heterocycles. The van der Waals surface area contributed by atoms with Crippen molar-refractivity contribution in [2.45, 2.75) is 20.4 Å². The summed E-state index contributed by atoms with van der Waals surface area (Å²) in [6, 6.07) is 0. The van der Waals surface area contributed by atoms with E-state index in [1.54, 1.807) is 0 Å². The fraction of sp³-hybridized carbons (Fsp3) is 0.261. The Labute approximate surface area is 228 Å². The molecule has 40 heavy (non-hydrogen) atoms. The Morgan fingerprint density at radius 1 is 0.975 bits per heavy atom. The monoisotopic (exact) mass is 596 g/mol. The normalized spacial score (nSPS) is 16.0. The second-order valence-electron chi connectivity index (χ2n) is 8.30. The molecule has 17 heteroatoms. The van der Waals surface area contributed by atoms with Gasteiger partial charge in [0.15, 0.2) is 0 Å². The van der Waals surface area contributed by atoms with Gasteiger partial charge in [0.1, 0.15) is 5.56 Å². The topological polar surface area (TPSA) is 236 Å². The van der Waals surface area contributed by atoms with Crippen LogP contribution in [0.1, 0.15) is 28.4 Å². The Balaban J connectivity index is 2.48. The molecule has 1 aliphatic rings. The van der Waals surface area contributed by atoms with E-state index in [0.717, 1.165) is 0 Å². The van der Waals surface area contributed by atoms with Gasteiger partial charge in [-0.05, 0) is 31.1 Å². The van der Waals surface area contributed by atoms with E-state index in [-0.39, 0.29) is 22.3 Å². The van der Waals surface area contributed by atoms with Crippen molar-refractivity contribution in [3.8, 4) is 5.88 Å². The number of rotatable bonds is 10. The van der Waals surface area contributed by atoms with Crippen molar-refractivity contribution >= 4 is 44.0 Å². The number of carbonyl (C=O) groups is 3. The van der Waals surface area contributed by atoms with E-state index in [2.05, 4.69) is 4.85 Å². The van der Waals surface area contributed by atoms with Crippen LogP contribution in [0.25, 0.3) is 10.9 Å². The highest BCUT2D eigenvalue weighted by atomic mass is 32.2. The van der Waals surface area contributed by atoms with Gasteiger partial charge in [0.2, 0.25) is 5.88 Å². The number of imide groups is 1. The molecule has 0 bridgehead atoms. The summed E-state index contributed by atoms with van der Waals surface area (Å²) in [5, 5.41) is 10.3. The van der Waals surface area contributed by atoms with Crippen molar-refractivity contribution in [1.29, 1.82) is 0 Å². The minimum absolute atomic E-state index is 0.0166. The van der Waals surface area contributed by atoms with Gasteiger partial charge < -0.3 is 10.8 Å². The number of aromatic hydroxyl groups is 1. The Hall–Kier alpha value is -4.37. The van der Waals surface area contributed by atoms with Crippen LogP contribution in [0.4, 0.5) is 0 Å². The predicted molar refractivity (Wildman–Crippen MR) is 141 cm³/mol. The molecule has 0 spiro atoms. The van der Waals surface area contributed by atoms with Crippen LogP contribution in [0.3, 0.4) is 0 Å². The van der Waals surface area contributed by atoms with Crippen LogP contribution in [-0.4, -0.2) is 76.3 Å². The molecule has 0 aliphatic carbocycles. The number of amides is 3. The fourth-order valence-corrected chi connectivity index (χ4v) is 4.49. The van der Waals surface area contributed by atoms with Gasteiger partial charge in [-0.3, -0.25) is 37.8 Å². The fourth-order valence-electron chi connectivity index (χ4n) is 3.66. The van der Waals surface area contributed by atoms with E-state index in [0.29, 0.717) is 9.47 Å². The van der Waals surface area contributed by atoms with Crippen molar-refractivity contribution in [1.82, 2.24) is 9.47 Å². The van der Waals surface area contributed by atoms with E-state index in [4.69, 9.17) is 21.4 Å². The number of nitrogens with two attached hydrogens (primary N) is 1. The molecular weight excluding hydrogens is 572 g/mol. The molecule has 2 rings (SSSR count). The first-order valence-corrected chi connectivity index (χ1v) is 14.3. The number of nitrogens with zero attached hydrogens (tertiary/aromatic N) is 3. The maximum absolute atomic E-state index is 12.9. The maximum Gasteiger partial charge on any atom is 0.266 e. The second-order valence-corrected chi connectivity index (χ2v) is 11.4. The van der Waals surface area contributed by atoms with Gasteiger partial charge in [-0.25, -0.2) is 4.85 Å². The van der Waals surface area contributed by atoms with Crippen molar-refractivity contribution < 1.29 is 45.4 Å². The van der Waals surface area contributed by atoms with Crippen molar-refractivity contribution in [3.05, 3.63) is 79.6 Å². The van der Waals surface area contributed by atoms with Crippen molar-refractivity contribution in [2.75, 3.05) is 18.1 Å². The third-order valence-electron chi connectivity index (χ3n) is 5.67. The molecule has 1 aromatic heterocycles. The Kier molecular flexibility index (Phi) is 9.72. The second kappa shape index (κ2) is 12.2. The minimum Gasteiger partial charge on any atom is -0.494 e. The van der Waals surface area contributed by atoms with Crippen LogP contribution < -0.4 is 11.3 Å². The van der Waals surface area contributed by atoms with Gasteiger partial charge in [0.25, 0.3) is 49.2 Å². The molecule has 15 nitrogen and oxygen atoms in total. The minimum atomic E-state index is -4.52. The first kappa shape index (κ1) is 31.8. The Morgan fingerprint density at radius 3 is 2.08 bits per heavy atom. The van der Waals surface area contributed by atoms with Crippen LogP contribution in [0.2, 0.25) is 0 Å². The zero-order valence-electron chi connectivity index (χ0n) is 21.1. The molecule has 0 saturated heterocycles. The van der Waals surface area contributed by atoms with Crippen LogP contribution in [0.15, 0.2) is 45.9 Å². The molecule has 214 valence electrons. The molecule has 1 aliphatic heterocycles. The number of pyridine rings is 1. The molecule has 0 fully saturated rings. The summed E-state index contributed by atoms with van der Waals surface area (Å²) in [6.07, 6.45) is 6.35. The summed E-state index contributed by atoms with van der Waals surface area (Å²) in [6.45, 7) is 8.53. The third kappa shape index (κ3) is 7.39. The highest BCUT2D eigenvalue weighted by Gasteiger charge is 2.35. The molecule has 0 aromatic carbocycles. The summed E-state index contributed by atoms with van der Waals surface area (Å²) >= 11 is 0. The average molecular weight is 597 g/mol. The number of allylic oxidation sites excluding steroid dienone is 4. The SMILES string of the molecule is [C-]#[N+]C1=C(C)/C(=C/C=CC=Cc2c(C)c(C(N)=O)c(O)n(CCS(=O)(=O)O)c2=O)C(=O)N(CCS(=O)(=O)O)C1=O. The number of hydrogen-bond donors (Lipinski definition) is 4. The van der Waals surface area contributed by atoms with Gasteiger partial charge in [-0.1, -0.05) is 24.3 Å². The quantitative estimate of drug-likeness (QED) is 0.0906. The van der Waals surface area contributed by atoms with Crippen LogP contribution in [0, 0.1) is 13.5 Å². The molecule has 0 unspecified atom stereocenters. The lowest BCUT2D eigenvalue weighted by molar-refractivity contribution is -0.140. The van der Waals surface area contributed by atoms with Gasteiger partial charge in [-0.2, -0.15) is 16.8 Å². The molecule has 3 amide bonds.